The average molecular weight is 311 g/mol. The summed E-state index contributed by atoms with van der Waals surface area (Å²) in [7, 11) is -2.27. The summed E-state index contributed by atoms with van der Waals surface area (Å²) in [5, 5.41) is 0. The summed E-state index contributed by atoms with van der Waals surface area (Å²) in [5.41, 5.74) is 1.56. The third kappa shape index (κ3) is 4.84. The molecule has 0 aromatic heterocycles. The molecule has 1 rings (SSSR count). The maximum Gasteiger partial charge on any atom is 0.285 e. The lowest BCUT2D eigenvalue weighted by molar-refractivity contribution is 0.402. The van der Waals surface area contributed by atoms with E-state index in [4.69, 9.17) is 4.74 Å². The fraction of sp³-hybridized carbons (Fsp3) is 0.562. The standard InChI is InChI=1S/C16H25NO3S/c1-11(2)9-14-7-8-15(20-6)16(10-14)21(18,19)17-13(5)12(3)4/h7-8,10-12H,9H2,1-6H3. The number of rotatable bonds is 6. The van der Waals surface area contributed by atoms with Crippen molar-refractivity contribution in [1.29, 1.82) is 0 Å². The molecule has 0 unspecified atom stereocenters. The van der Waals surface area contributed by atoms with Crippen LogP contribution in [0.15, 0.2) is 27.5 Å². The van der Waals surface area contributed by atoms with E-state index in [1.165, 1.54) is 7.11 Å². The van der Waals surface area contributed by atoms with Crippen molar-refractivity contribution >= 4 is 15.7 Å². The largest absolute Gasteiger partial charge is 0.495 e. The molecule has 0 heterocycles. The van der Waals surface area contributed by atoms with Crippen molar-refractivity contribution < 1.29 is 13.2 Å². The van der Waals surface area contributed by atoms with Gasteiger partial charge in [0, 0.05) is 5.71 Å². The predicted molar refractivity (Wildman–Crippen MR) is 86.7 cm³/mol. The maximum atomic E-state index is 12.5. The van der Waals surface area contributed by atoms with E-state index in [-0.39, 0.29) is 10.8 Å². The third-order valence-electron chi connectivity index (χ3n) is 3.25. The lowest BCUT2D eigenvalue weighted by Crippen LogP contribution is -2.09. The fourth-order valence-corrected chi connectivity index (χ4v) is 3.26. The summed E-state index contributed by atoms with van der Waals surface area (Å²) >= 11 is 0. The van der Waals surface area contributed by atoms with Crippen molar-refractivity contribution in [3.8, 4) is 5.75 Å². The Bertz CT molecular complexity index is 616. The molecule has 0 fully saturated rings. The number of hydrogen-bond acceptors (Lipinski definition) is 3. The second-order valence-corrected chi connectivity index (χ2v) is 7.52. The van der Waals surface area contributed by atoms with Crippen LogP contribution in [0.4, 0.5) is 0 Å². The molecule has 0 saturated heterocycles. The van der Waals surface area contributed by atoms with Gasteiger partial charge in [0.1, 0.15) is 10.6 Å². The van der Waals surface area contributed by atoms with E-state index in [0.717, 1.165) is 12.0 Å². The first-order valence-electron chi connectivity index (χ1n) is 7.15. The molecule has 0 bridgehead atoms. The van der Waals surface area contributed by atoms with Crippen LogP contribution in [0.1, 0.15) is 40.2 Å². The molecular weight excluding hydrogens is 286 g/mol. The number of sulfonamides is 1. The van der Waals surface area contributed by atoms with Gasteiger partial charge in [0.15, 0.2) is 0 Å². The second-order valence-electron chi connectivity index (χ2n) is 5.95. The highest BCUT2D eigenvalue weighted by Crippen LogP contribution is 2.28. The van der Waals surface area contributed by atoms with Crippen molar-refractivity contribution in [3.05, 3.63) is 23.8 Å². The Morgan fingerprint density at radius 3 is 2.33 bits per heavy atom. The summed E-state index contributed by atoms with van der Waals surface area (Å²) in [6.07, 6.45) is 0.819. The highest BCUT2D eigenvalue weighted by molar-refractivity contribution is 7.90. The molecule has 0 atom stereocenters. The van der Waals surface area contributed by atoms with Crippen molar-refractivity contribution in [1.82, 2.24) is 0 Å². The van der Waals surface area contributed by atoms with Crippen molar-refractivity contribution in [2.45, 2.75) is 45.9 Å². The van der Waals surface area contributed by atoms with E-state index >= 15 is 0 Å². The first-order chi connectivity index (χ1) is 9.67. The lowest BCUT2D eigenvalue weighted by atomic mass is 10.0. The van der Waals surface area contributed by atoms with E-state index in [0.29, 0.717) is 17.4 Å². The molecule has 0 radical (unpaired) electrons. The van der Waals surface area contributed by atoms with Gasteiger partial charge in [-0.25, -0.2) is 0 Å². The Morgan fingerprint density at radius 2 is 1.86 bits per heavy atom. The molecule has 0 aliphatic carbocycles. The fourth-order valence-electron chi connectivity index (χ4n) is 1.87. The SMILES string of the molecule is COc1ccc(CC(C)C)cc1S(=O)(=O)N=C(C)C(C)C. The van der Waals surface area contributed by atoms with Crippen LogP contribution < -0.4 is 4.74 Å². The zero-order valence-electron chi connectivity index (χ0n) is 13.7. The molecule has 4 nitrogen and oxygen atoms in total. The van der Waals surface area contributed by atoms with Crippen LogP contribution in [0.25, 0.3) is 0 Å². The number of methoxy groups -OCH3 is 1. The third-order valence-corrected chi connectivity index (χ3v) is 4.65. The zero-order valence-corrected chi connectivity index (χ0v) is 14.5. The molecule has 118 valence electrons. The molecule has 0 saturated carbocycles. The van der Waals surface area contributed by atoms with Gasteiger partial charge in [-0.05, 0) is 42.9 Å². The summed E-state index contributed by atoms with van der Waals surface area (Å²) in [5.74, 6) is 0.877. The molecule has 0 N–H and O–H groups in total. The topological polar surface area (TPSA) is 55.7 Å². The Hall–Kier alpha value is -1.36. The van der Waals surface area contributed by atoms with Crippen LogP contribution in [0.5, 0.6) is 5.75 Å². The summed E-state index contributed by atoms with van der Waals surface area (Å²) in [6, 6.07) is 5.27. The number of nitrogens with zero attached hydrogens (tertiary/aromatic N) is 1. The average Bonchev–Trinajstić information content (AvgIpc) is 2.37. The lowest BCUT2D eigenvalue weighted by Gasteiger charge is -2.12. The Balaban J connectivity index is 3.35. The Kier molecular flexibility index (Phi) is 5.96. The van der Waals surface area contributed by atoms with Gasteiger partial charge >= 0.3 is 0 Å². The summed E-state index contributed by atoms with van der Waals surface area (Å²) in [6.45, 7) is 9.76. The minimum Gasteiger partial charge on any atom is -0.495 e. The molecule has 21 heavy (non-hydrogen) atoms. The van der Waals surface area contributed by atoms with E-state index in [1.807, 2.05) is 19.9 Å². The van der Waals surface area contributed by atoms with E-state index in [9.17, 15) is 8.42 Å². The quantitative estimate of drug-likeness (QED) is 0.753. The van der Waals surface area contributed by atoms with Gasteiger partial charge in [-0.3, -0.25) is 0 Å². The van der Waals surface area contributed by atoms with Crippen LogP contribution >= 0.6 is 0 Å². The van der Waals surface area contributed by atoms with Crippen LogP contribution in [0, 0.1) is 11.8 Å². The first kappa shape index (κ1) is 17.7. The van der Waals surface area contributed by atoms with Gasteiger partial charge in [0.25, 0.3) is 10.0 Å². The van der Waals surface area contributed by atoms with Gasteiger partial charge in [0.2, 0.25) is 0 Å². The Morgan fingerprint density at radius 1 is 1.24 bits per heavy atom. The van der Waals surface area contributed by atoms with Gasteiger partial charge < -0.3 is 4.74 Å². The molecule has 0 amide bonds. The molecular formula is C16H25NO3S. The van der Waals surface area contributed by atoms with Crippen molar-refractivity contribution in [2.24, 2.45) is 16.2 Å². The smallest absolute Gasteiger partial charge is 0.285 e. The number of benzene rings is 1. The first-order valence-corrected chi connectivity index (χ1v) is 8.59. The molecule has 1 aromatic rings. The monoisotopic (exact) mass is 311 g/mol. The molecule has 5 heteroatoms. The summed E-state index contributed by atoms with van der Waals surface area (Å²) in [4.78, 5) is 0.142. The minimum absolute atomic E-state index is 0.0876. The maximum absolute atomic E-state index is 12.5. The normalized spacial score (nSPS) is 13.0. The van der Waals surface area contributed by atoms with Crippen LogP contribution in [-0.2, 0) is 16.4 Å². The van der Waals surface area contributed by atoms with Gasteiger partial charge in [-0.1, -0.05) is 33.8 Å². The van der Waals surface area contributed by atoms with E-state index < -0.39 is 10.0 Å². The van der Waals surface area contributed by atoms with Crippen LogP contribution in [0.3, 0.4) is 0 Å². The van der Waals surface area contributed by atoms with Crippen LogP contribution in [0.2, 0.25) is 0 Å². The Labute approximate surface area is 128 Å². The van der Waals surface area contributed by atoms with Gasteiger partial charge in [-0.2, -0.15) is 12.8 Å². The highest BCUT2D eigenvalue weighted by atomic mass is 32.2. The molecule has 0 spiro atoms. The van der Waals surface area contributed by atoms with Crippen LogP contribution in [-0.4, -0.2) is 21.2 Å². The summed E-state index contributed by atoms with van der Waals surface area (Å²) < 4.78 is 34.1. The zero-order chi connectivity index (χ0) is 16.2. The highest BCUT2D eigenvalue weighted by Gasteiger charge is 2.20. The number of hydrogen-bond donors (Lipinski definition) is 0. The molecule has 1 aromatic carbocycles. The predicted octanol–water partition coefficient (Wildman–Crippen LogP) is 3.70. The van der Waals surface area contributed by atoms with E-state index in [2.05, 4.69) is 18.2 Å². The van der Waals surface area contributed by atoms with Gasteiger partial charge in [0.05, 0.1) is 7.11 Å². The molecule has 0 aliphatic rings. The number of ether oxygens (including phenoxy) is 1. The van der Waals surface area contributed by atoms with Gasteiger partial charge in [-0.15, -0.1) is 0 Å². The molecule has 0 aliphatic heterocycles. The van der Waals surface area contributed by atoms with E-state index in [1.54, 1.807) is 19.1 Å². The minimum atomic E-state index is -3.74. The second kappa shape index (κ2) is 7.07. The van der Waals surface area contributed by atoms with Crippen molar-refractivity contribution in [2.75, 3.05) is 7.11 Å². The van der Waals surface area contributed by atoms with Crippen molar-refractivity contribution in [3.63, 3.8) is 0 Å².